The fourth-order valence-corrected chi connectivity index (χ4v) is 2.37. The molecule has 0 radical (unpaired) electrons. The van der Waals surface area contributed by atoms with Crippen molar-refractivity contribution in [2.45, 2.75) is 19.4 Å². The van der Waals surface area contributed by atoms with Crippen molar-refractivity contribution >= 4 is 23.8 Å². The van der Waals surface area contributed by atoms with Gasteiger partial charge in [0.1, 0.15) is 6.54 Å². The fourth-order valence-electron chi connectivity index (χ4n) is 2.37. The summed E-state index contributed by atoms with van der Waals surface area (Å²) in [5, 5.41) is 10.2. The van der Waals surface area contributed by atoms with Crippen LogP contribution in [0.3, 0.4) is 0 Å². The highest BCUT2D eigenvalue weighted by Crippen LogP contribution is 2.18. The topological polar surface area (TPSA) is 116 Å². The van der Waals surface area contributed by atoms with Gasteiger partial charge >= 0.3 is 12.1 Å². The van der Waals surface area contributed by atoms with Crippen molar-refractivity contribution in [2.24, 2.45) is 5.92 Å². The number of carbonyl (C=O) groups is 3. The number of likely N-dealkylation sites (tertiary alicyclic amines) is 1. The van der Waals surface area contributed by atoms with Crippen molar-refractivity contribution < 1.29 is 23.9 Å². The molecule has 2 heterocycles. The van der Waals surface area contributed by atoms with E-state index in [1.807, 2.05) is 0 Å². The summed E-state index contributed by atoms with van der Waals surface area (Å²) in [6.07, 6.45) is 2.11. The van der Waals surface area contributed by atoms with Gasteiger partial charge in [0.05, 0.1) is 26.3 Å². The molecule has 1 aliphatic rings. The molecule has 10 nitrogen and oxygen atoms in total. The number of ether oxygens (including phenoxy) is 2. The van der Waals surface area contributed by atoms with E-state index in [1.165, 1.54) is 25.2 Å². The Bertz CT molecular complexity index is 587. The number of piperidine rings is 1. The van der Waals surface area contributed by atoms with Gasteiger partial charge in [0, 0.05) is 13.1 Å². The lowest BCUT2D eigenvalue weighted by atomic mass is 9.98. The third-order valence-corrected chi connectivity index (χ3v) is 3.54. The third-order valence-electron chi connectivity index (χ3n) is 3.54. The SMILES string of the molecule is COC(=O)Nc1cnn(CC(=O)N2CCCC(C(=O)OC)C2)n1. The lowest BCUT2D eigenvalue weighted by Gasteiger charge is -2.31. The average Bonchev–Trinajstić information content (AvgIpc) is 3.00. The summed E-state index contributed by atoms with van der Waals surface area (Å²) in [5.74, 6) is -0.598. The van der Waals surface area contributed by atoms with E-state index in [1.54, 1.807) is 4.90 Å². The lowest BCUT2D eigenvalue weighted by Crippen LogP contribution is -2.44. The lowest BCUT2D eigenvalue weighted by molar-refractivity contribution is -0.149. The Morgan fingerprint density at radius 3 is 2.83 bits per heavy atom. The molecule has 1 saturated heterocycles. The zero-order valence-corrected chi connectivity index (χ0v) is 13.0. The van der Waals surface area contributed by atoms with Crippen LogP contribution in [0.2, 0.25) is 0 Å². The van der Waals surface area contributed by atoms with Gasteiger partial charge in [0.25, 0.3) is 0 Å². The van der Waals surface area contributed by atoms with Crippen LogP contribution in [0, 0.1) is 5.92 Å². The number of nitrogens with one attached hydrogen (secondary N) is 1. The second-order valence-corrected chi connectivity index (χ2v) is 5.08. The molecule has 1 aromatic rings. The molecule has 0 aromatic carbocycles. The van der Waals surface area contributed by atoms with Gasteiger partial charge in [-0.2, -0.15) is 9.90 Å². The Labute approximate surface area is 132 Å². The average molecular weight is 325 g/mol. The summed E-state index contributed by atoms with van der Waals surface area (Å²) >= 11 is 0. The Kier molecular flexibility index (Phi) is 5.50. The highest BCUT2D eigenvalue weighted by atomic mass is 16.5. The molecule has 0 bridgehead atoms. The van der Waals surface area contributed by atoms with Crippen LogP contribution in [0.5, 0.6) is 0 Å². The smallest absolute Gasteiger partial charge is 0.412 e. The first-order valence-electron chi connectivity index (χ1n) is 7.14. The number of amides is 2. The zero-order valence-electron chi connectivity index (χ0n) is 13.0. The van der Waals surface area contributed by atoms with Crippen LogP contribution in [0.1, 0.15) is 12.8 Å². The minimum Gasteiger partial charge on any atom is -0.469 e. The highest BCUT2D eigenvalue weighted by Gasteiger charge is 2.29. The van der Waals surface area contributed by atoms with Crippen LogP contribution in [0.15, 0.2) is 6.20 Å². The number of anilines is 1. The predicted octanol–water partition coefficient (Wildman–Crippen LogP) is -0.132. The van der Waals surface area contributed by atoms with Gasteiger partial charge in [-0.05, 0) is 12.8 Å². The molecule has 1 fully saturated rings. The molecule has 23 heavy (non-hydrogen) atoms. The first-order valence-corrected chi connectivity index (χ1v) is 7.14. The quantitative estimate of drug-likeness (QED) is 0.766. The van der Waals surface area contributed by atoms with Crippen molar-refractivity contribution in [3.05, 3.63) is 6.20 Å². The molecule has 10 heteroatoms. The normalized spacial score (nSPS) is 17.5. The van der Waals surface area contributed by atoms with E-state index in [9.17, 15) is 14.4 Å². The molecular formula is C13H19N5O5. The summed E-state index contributed by atoms with van der Waals surface area (Å²) in [5.41, 5.74) is 0. The Hall–Kier alpha value is -2.65. The molecule has 1 N–H and O–H groups in total. The Balaban J connectivity index is 1.91. The minimum absolute atomic E-state index is 0.0727. The van der Waals surface area contributed by atoms with E-state index in [-0.39, 0.29) is 30.2 Å². The van der Waals surface area contributed by atoms with Gasteiger partial charge in [-0.15, -0.1) is 5.10 Å². The summed E-state index contributed by atoms with van der Waals surface area (Å²) < 4.78 is 9.17. The van der Waals surface area contributed by atoms with Gasteiger partial charge in [-0.3, -0.25) is 14.9 Å². The molecule has 0 aliphatic carbocycles. The van der Waals surface area contributed by atoms with E-state index in [2.05, 4.69) is 20.3 Å². The van der Waals surface area contributed by atoms with Crippen molar-refractivity contribution in [3.63, 3.8) is 0 Å². The first-order chi connectivity index (χ1) is 11.0. The molecule has 0 spiro atoms. The van der Waals surface area contributed by atoms with Crippen molar-refractivity contribution in [2.75, 3.05) is 32.6 Å². The molecule has 126 valence electrons. The molecule has 1 aliphatic heterocycles. The maximum atomic E-state index is 12.3. The molecular weight excluding hydrogens is 306 g/mol. The number of aromatic nitrogens is 3. The van der Waals surface area contributed by atoms with Gasteiger partial charge in [-0.1, -0.05) is 0 Å². The summed E-state index contributed by atoms with van der Waals surface area (Å²) in [6.45, 7) is 0.845. The van der Waals surface area contributed by atoms with Crippen molar-refractivity contribution in [3.8, 4) is 0 Å². The van der Waals surface area contributed by atoms with Crippen LogP contribution in [-0.4, -0.2) is 65.2 Å². The number of hydrogen-bond acceptors (Lipinski definition) is 7. The predicted molar refractivity (Wildman–Crippen MR) is 77.4 cm³/mol. The van der Waals surface area contributed by atoms with Crippen LogP contribution in [0.4, 0.5) is 10.6 Å². The second-order valence-electron chi connectivity index (χ2n) is 5.08. The second kappa shape index (κ2) is 7.56. The molecule has 0 saturated carbocycles. The van der Waals surface area contributed by atoms with Gasteiger partial charge in [-0.25, -0.2) is 4.79 Å². The van der Waals surface area contributed by atoms with E-state index < -0.39 is 6.09 Å². The van der Waals surface area contributed by atoms with Crippen LogP contribution >= 0.6 is 0 Å². The van der Waals surface area contributed by atoms with Crippen molar-refractivity contribution in [1.82, 2.24) is 19.9 Å². The number of carbonyl (C=O) groups excluding carboxylic acids is 3. The van der Waals surface area contributed by atoms with E-state index >= 15 is 0 Å². The maximum Gasteiger partial charge on any atom is 0.412 e. The minimum atomic E-state index is -0.666. The van der Waals surface area contributed by atoms with Crippen LogP contribution in [-0.2, 0) is 25.6 Å². The zero-order chi connectivity index (χ0) is 16.8. The Morgan fingerprint density at radius 2 is 2.13 bits per heavy atom. The number of esters is 1. The van der Waals surface area contributed by atoms with Crippen molar-refractivity contribution in [1.29, 1.82) is 0 Å². The van der Waals surface area contributed by atoms with E-state index in [4.69, 9.17) is 4.74 Å². The molecule has 1 atom stereocenters. The van der Waals surface area contributed by atoms with E-state index in [0.29, 0.717) is 19.5 Å². The number of rotatable bonds is 4. The van der Waals surface area contributed by atoms with Gasteiger partial charge in [0.15, 0.2) is 5.82 Å². The van der Waals surface area contributed by atoms with Crippen LogP contribution in [0.25, 0.3) is 0 Å². The number of hydrogen-bond donors (Lipinski definition) is 1. The largest absolute Gasteiger partial charge is 0.469 e. The standard InChI is InChI=1S/C13H19N5O5/c1-22-12(20)9-4-3-5-17(7-9)11(19)8-18-14-6-10(16-18)15-13(21)23-2/h6,9H,3-5,7-8H2,1-2H3,(H,15,16,21). The summed E-state index contributed by atoms with van der Waals surface area (Å²) in [4.78, 5) is 37.7. The van der Waals surface area contributed by atoms with Gasteiger partial charge in [0.2, 0.25) is 5.91 Å². The Morgan fingerprint density at radius 1 is 1.35 bits per heavy atom. The molecule has 2 rings (SSSR count). The summed E-state index contributed by atoms with van der Waals surface area (Å²) in [6, 6.07) is 0. The number of nitrogens with zero attached hydrogens (tertiary/aromatic N) is 4. The van der Waals surface area contributed by atoms with E-state index in [0.717, 1.165) is 6.42 Å². The van der Waals surface area contributed by atoms with Gasteiger partial charge < -0.3 is 14.4 Å². The monoisotopic (exact) mass is 325 g/mol. The highest BCUT2D eigenvalue weighted by molar-refractivity contribution is 5.83. The molecule has 2 amide bonds. The molecule has 1 aromatic heterocycles. The summed E-state index contributed by atoms with van der Waals surface area (Å²) in [7, 11) is 2.57. The number of methoxy groups -OCH3 is 2. The van der Waals surface area contributed by atoms with Crippen LogP contribution < -0.4 is 5.32 Å². The first kappa shape index (κ1) is 16.7. The third kappa shape index (κ3) is 4.41. The molecule has 1 unspecified atom stereocenters. The fraction of sp³-hybridized carbons (Fsp3) is 0.615. The maximum absolute atomic E-state index is 12.3.